The lowest BCUT2D eigenvalue weighted by atomic mass is 10.2. The Morgan fingerprint density at radius 3 is 2.31 bits per heavy atom. The average molecular weight is 203 g/mol. The monoisotopic (exact) mass is 202 g/mol. The molecule has 72 valence electrons. The van der Waals surface area contributed by atoms with Crippen LogP contribution in [0.2, 0.25) is 5.02 Å². The summed E-state index contributed by atoms with van der Waals surface area (Å²) >= 11 is 5.85. The highest BCUT2D eigenvalue weighted by atomic mass is 35.5. The number of hydrogen-bond donors (Lipinski definition) is 1. The lowest BCUT2D eigenvalue weighted by Gasteiger charge is -2.09. The van der Waals surface area contributed by atoms with Gasteiger partial charge in [0.1, 0.15) is 11.5 Å². The summed E-state index contributed by atoms with van der Waals surface area (Å²) in [5.74, 6) is 1.10. The minimum atomic E-state index is -0.100. The topological polar surface area (TPSA) is 38.7 Å². The molecule has 0 radical (unpaired) electrons. The number of benzene rings is 1. The highest BCUT2D eigenvalue weighted by molar-refractivity contribution is 6.32. The van der Waals surface area contributed by atoms with Crippen LogP contribution in [0.4, 0.5) is 0 Å². The van der Waals surface area contributed by atoms with Gasteiger partial charge in [0.15, 0.2) is 0 Å². The van der Waals surface area contributed by atoms with Crippen molar-refractivity contribution in [2.45, 2.75) is 6.61 Å². The van der Waals surface area contributed by atoms with E-state index in [1.807, 2.05) is 0 Å². The lowest BCUT2D eigenvalue weighted by Crippen LogP contribution is -1.94. The van der Waals surface area contributed by atoms with Crippen molar-refractivity contribution >= 4 is 11.6 Å². The summed E-state index contributed by atoms with van der Waals surface area (Å²) in [4.78, 5) is 0. The molecule has 1 aromatic carbocycles. The van der Waals surface area contributed by atoms with Crippen molar-refractivity contribution in [1.29, 1.82) is 0 Å². The Kier molecular flexibility index (Phi) is 3.39. The number of methoxy groups -OCH3 is 2. The van der Waals surface area contributed by atoms with Crippen LogP contribution in [-0.2, 0) is 6.61 Å². The number of ether oxygens (including phenoxy) is 2. The minimum absolute atomic E-state index is 0.100. The summed E-state index contributed by atoms with van der Waals surface area (Å²) in [6, 6.07) is 3.27. The van der Waals surface area contributed by atoms with Crippen molar-refractivity contribution in [2.75, 3.05) is 14.2 Å². The van der Waals surface area contributed by atoms with E-state index in [2.05, 4.69) is 0 Å². The molecule has 1 aromatic rings. The summed E-state index contributed by atoms with van der Waals surface area (Å²) < 4.78 is 10.0. The molecule has 4 heteroatoms. The average Bonchev–Trinajstić information content (AvgIpc) is 2.17. The molecule has 0 heterocycles. The Bertz CT molecular complexity index is 299. The summed E-state index contributed by atoms with van der Waals surface area (Å²) in [5.41, 5.74) is 0.656. The zero-order chi connectivity index (χ0) is 9.84. The van der Waals surface area contributed by atoms with Crippen molar-refractivity contribution in [3.05, 3.63) is 22.7 Å². The lowest BCUT2D eigenvalue weighted by molar-refractivity contribution is 0.272. The Labute approximate surface area is 81.9 Å². The van der Waals surface area contributed by atoms with Crippen LogP contribution >= 0.6 is 11.6 Å². The van der Waals surface area contributed by atoms with Crippen LogP contribution in [0.5, 0.6) is 11.5 Å². The van der Waals surface area contributed by atoms with Crippen LogP contribution in [-0.4, -0.2) is 19.3 Å². The van der Waals surface area contributed by atoms with Gasteiger partial charge >= 0.3 is 0 Å². The second-order valence-corrected chi connectivity index (χ2v) is 2.86. The van der Waals surface area contributed by atoms with E-state index in [1.165, 1.54) is 14.2 Å². The predicted octanol–water partition coefficient (Wildman–Crippen LogP) is 1.85. The van der Waals surface area contributed by atoms with Crippen LogP contribution < -0.4 is 9.47 Å². The quantitative estimate of drug-likeness (QED) is 0.813. The SMILES string of the molecule is COc1cc(CO)c(OC)cc1Cl. The van der Waals surface area contributed by atoms with Gasteiger partial charge in [0, 0.05) is 11.6 Å². The molecule has 0 spiro atoms. The molecule has 0 bridgehead atoms. The maximum absolute atomic E-state index is 8.98. The molecule has 0 fully saturated rings. The van der Waals surface area contributed by atoms with E-state index in [-0.39, 0.29) is 6.61 Å². The first-order valence-electron chi connectivity index (χ1n) is 3.74. The molecule has 0 saturated carbocycles. The summed E-state index contributed by atoms with van der Waals surface area (Å²) in [6.45, 7) is -0.100. The molecule has 0 unspecified atom stereocenters. The third kappa shape index (κ3) is 2.05. The molecule has 0 aromatic heterocycles. The maximum atomic E-state index is 8.98. The predicted molar refractivity (Wildman–Crippen MR) is 50.5 cm³/mol. The zero-order valence-corrected chi connectivity index (χ0v) is 8.26. The van der Waals surface area contributed by atoms with E-state index in [0.29, 0.717) is 22.1 Å². The Morgan fingerprint density at radius 1 is 1.23 bits per heavy atom. The van der Waals surface area contributed by atoms with Crippen LogP contribution in [0.25, 0.3) is 0 Å². The van der Waals surface area contributed by atoms with Crippen molar-refractivity contribution in [2.24, 2.45) is 0 Å². The Hall–Kier alpha value is -0.930. The number of aliphatic hydroxyl groups excluding tert-OH is 1. The zero-order valence-electron chi connectivity index (χ0n) is 7.50. The fourth-order valence-electron chi connectivity index (χ4n) is 1.05. The molecule has 0 aliphatic heterocycles. The Balaban J connectivity index is 3.18. The van der Waals surface area contributed by atoms with Gasteiger partial charge in [0.2, 0.25) is 0 Å². The van der Waals surface area contributed by atoms with Gasteiger partial charge in [-0.1, -0.05) is 11.6 Å². The standard InChI is InChI=1S/C9H11ClO3/c1-12-8-4-7(10)9(13-2)3-6(8)5-11/h3-4,11H,5H2,1-2H3. The highest BCUT2D eigenvalue weighted by Gasteiger charge is 2.08. The van der Waals surface area contributed by atoms with Crippen molar-refractivity contribution in [1.82, 2.24) is 0 Å². The molecule has 0 aliphatic carbocycles. The van der Waals surface area contributed by atoms with Gasteiger partial charge in [-0.3, -0.25) is 0 Å². The van der Waals surface area contributed by atoms with E-state index >= 15 is 0 Å². The number of rotatable bonds is 3. The van der Waals surface area contributed by atoms with Gasteiger partial charge in [-0.15, -0.1) is 0 Å². The second kappa shape index (κ2) is 4.35. The van der Waals surface area contributed by atoms with Gasteiger partial charge in [0.05, 0.1) is 25.8 Å². The molecule has 1 N–H and O–H groups in total. The number of hydrogen-bond acceptors (Lipinski definition) is 3. The summed E-state index contributed by atoms with van der Waals surface area (Å²) in [7, 11) is 3.05. The highest BCUT2D eigenvalue weighted by Crippen LogP contribution is 2.32. The van der Waals surface area contributed by atoms with Gasteiger partial charge in [-0.2, -0.15) is 0 Å². The Morgan fingerprint density at radius 2 is 1.85 bits per heavy atom. The molecule has 0 atom stereocenters. The van der Waals surface area contributed by atoms with Gasteiger partial charge in [-0.25, -0.2) is 0 Å². The van der Waals surface area contributed by atoms with Crippen LogP contribution in [0.3, 0.4) is 0 Å². The molecule has 0 saturated heterocycles. The molecule has 0 aliphatic rings. The third-order valence-electron chi connectivity index (χ3n) is 1.73. The van der Waals surface area contributed by atoms with E-state index in [9.17, 15) is 0 Å². The fraction of sp³-hybridized carbons (Fsp3) is 0.333. The molecular weight excluding hydrogens is 192 g/mol. The van der Waals surface area contributed by atoms with Gasteiger partial charge in [-0.05, 0) is 6.07 Å². The molecule has 1 rings (SSSR count). The smallest absolute Gasteiger partial charge is 0.138 e. The van der Waals surface area contributed by atoms with Crippen molar-refractivity contribution < 1.29 is 14.6 Å². The first kappa shape index (κ1) is 10.2. The normalized spacial score (nSPS) is 9.85. The number of aliphatic hydroxyl groups is 1. The molecule has 13 heavy (non-hydrogen) atoms. The first-order chi connectivity index (χ1) is 6.22. The van der Waals surface area contributed by atoms with Crippen LogP contribution in [0, 0.1) is 0 Å². The van der Waals surface area contributed by atoms with Crippen molar-refractivity contribution in [3.63, 3.8) is 0 Å². The molecular formula is C9H11ClO3. The van der Waals surface area contributed by atoms with E-state index in [4.69, 9.17) is 26.2 Å². The van der Waals surface area contributed by atoms with E-state index in [0.717, 1.165) is 0 Å². The largest absolute Gasteiger partial charge is 0.496 e. The van der Waals surface area contributed by atoms with Gasteiger partial charge in [0.25, 0.3) is 0 Å². The van der Waals surface area contributed by atoms with Crippen LogP contribution in [0.1, 0.15) is 5.56 Å². The molecule has 0 amide bonds. The second-order valence-electron chi connectivity index (χ2n) is 2.46. The van der Waals surface area contributed by atoms with E-state index < -0.39 is 0 Å². The molecule has 3 nitrogen and oxygen atoms in total. The maximum Gasteiger partial charge on any atom is 0.138 e. The number of halogens is 1. The summed E-state index contributed by atoms with van der Waals surface area (Å²) in [6.07, 6.45) is 0. The van der Waals surface area contributed by atoms with Gasteiger partial charge < -0.3 is 14.6 Å². The third-order valence-corrected chi connectivity index (χ3v) is 2.02. The van der Waals surface area contributed by atoms with Crippen molar-refractivity contribution in [3.8, 4) is 11.5 Å². The van der Waals surface area contributed by atoms with Crippen LogP contribution in [0.15, 0.2) is 12.1 Å². The summed E-state index contributed by atoms with van der Waals surface area (Å²) in [5, 5.41) is 9.45. The fourth-order valence-corrected chi connectivity index (χ4v) is 1.28. The first-order valence-corrected chi connectivity index (χ1v) is 4.12. The van der Waals surface area contributed by atoms with E-state index in [1.54, 1.807) is 12.1 Å². The minimum Gasteiger partial charge on any atom is -0.496 e.